The summed E-state index contributed by atoms with van der Waals surface area (Å²) < 4.78 is 11.8. The number of carbonyl (C=O) groups is 1. The maximum Gasteiger partial charge on any atom is 0.310 e. The molecule has 0 saturated carbocycles. The van der Waals surface area contributed by atoms with Gasteiger partial charge in [0, 0.05) is 11.3 Å². The van der Waals surface area contributed by atoms with Gasteiger partial charge >= 0.3 is 5.97 Å². The van der Waals surface area contributed by atoms with E-state index in [1.165, 1.54) is 0 Å². The molecule has 5 heteroatoms. The van der Waals surface area contributed by atoms with Gasteiger partial charge in [-0.25, -0.2) is 0 Å². The topological polar surface area (TPSA) is 76.0 Å². The highest BCUT2D eigenvalue weighted by molar-refractivity contribution is 5.73. The fourth-order valence-electron chi connectivity index (χ4n) is 3.79. The SMILES string of the molecule is C[C@@]1(COCc2ccccc2)[C@@H](O)C=C[C@@H](C(=O)O)[C@@H]1COCc1ccccc1. The quantitative estimate of drug-likeness (QED) is 0.633. The van der Waals surface area contributed by atoms with E-state index in [0.717, 1.165) is 11.1 Å². The number of ether oxygens (including phenoxy) is 2. The Hall–Kier alpha value is -2.47. The molecule has 2 aromatic rings. The van der Waals surface area contributed by atoms with Crippen molar-refractivity contribution in [2.45, 2.75) is 26.2 Å². The predicted molar refractivity (Wildman–Crippen MR) is 110 cm³/mol. The van der Waals surface area contributed by atoms with Crippen LogP contribution in [0, 0.1) is 17.3 Å². The Balaban J connectivity index is 1.69. The number of benzene rings is 2. The number of hydrogen-bond donors (Lipinski definition) is 2. The highest BCUT2D eigenvalue weighted by atomic mass is 16.5. The monoisotopic (exact) mass is 396 g/mol. The second-order valence-electron chi connectivity index (χ2n) is 7.79. The molecular formula is C24H28O5. The van der Waals surface area contributed by atoms with Gasteiger partial charge in [-0.2, -0.15) is 0 Å². The molecule has 1 aliphatic rings. The largest absolute Gasteiger partial charge is 0.481 e. The summed E-state index contributed by atoms with van der Waals surface area (Å²) in [5, 5.41) is 20.4. The minimum Gasteiger partial charge on any atom is -0.481 e. The van der Waals surface area contributed by atoms with Gasteiger partial charge < -0.3 is 19.7 Å². The van der Waals surface area contributed by atoms with E-state index < -0.39 is 29.3 Å². The van der Waals surface area contributed by atoms with Crippen molar-refractivity contribution < 1.29 is 24.5 Å². The highest BCUT2D eigenvalue weighted by Gasteiger charge is 2.48. The third-order valence-electron chi connectivity index (χ3n) is 5.68. The van der Waals surface area contributed by atoms with Gasteiger partial charge in [0.25, 0.3) is 0 Å². The first-order chi connectivity index (χ1) is 14.0. The zero-order valence-corrected chi connectivity index (χ0v) is 16.6. The van der Waals surface area contributed by atoms with Gasteiger partial charge in [-0.1, -0.05) is 79.7 Å². The zero-order valence-electron chi connectivity index (χ0n) is 16.6. The molecule has 154 valence electrons. The number of aliphatic carboxylic acids is 1. The molecule has 0 aliphatic heterocycles. The van der Waals surface area contributed by atoms with Gasteiger partial charge in [0.2, 0.25) is 0 Å². The van der Waals surface area contributed by atoms with E-state index in [9.17, 15) is 15.0 Å². The molecule has 0 amide bonds. The lowest BCUT2D eigenvalue weighted by atomic mass is 9.64. The van der Waals surface area contributed by atoms with Crippen LogP contribution in [-0.2, 0) is 27.5 Å². The van der Waals surface area contributed by atoms with E-state index in [0.29, 0.717) is 13.2 Å². The van der Waals surface area contributed by atoms with Crippen LogP contribution in [0.5, 0.6) is 0 Å². The van der Waals surface area contributed by atoms with E-state index in [2.05, 4.69) is 0 Å². The maximum absolute atomic E-state index is 11.9. The van der Waals surface area contributed by atoms with Crippen molar-refractivity contribution in [2.75, 3.05) is 13.2 Å². The summed E-state index contributed by atoms with van der Waals surface area (Å²) in [5.41, 5.74) is 1.28. The van der Waals surface area contributed by atoms with Crippen molar-refractivity contribution in [3.8, 4) is 0 Å². The van der Waals surface area contributed by atoms with Gasteiger partial charge in [0.1, 0.15) is 0 Å². The van der Waals surface area contributed by atoms with Crippen molar-refractivity contribution in [1.82, 2.24) is 0 Å². The molecule has 5 nitrogen and oxygen atoms in total. The number of carboxylic acid groups (broad SMARTS) is 1. The minimum atomic E-state index is -0.921. The van der Waals surface area contributed by atoms with Gasteiger partial charge in [-0.05, 0) is 11.1 Å². The molecule has 1 aliphatic carbocycles. The molecule has 0 heterocycles. The van der Waals surface area contributed by atoms with Crippen molar-refractivity contribution in [3.05, 3.63) is 83.9 Å². The second kappa shape index (κ2) is 9.83. The first-order valence-corrected chi connectivity index (χ1v) is 9.83. The maximum atomic E-state index is 11.9. The van der Waals surface area contributed by atoms with Gasteiger partial charge in [-0.15, -0.1) is 0 Å². The van der Waals surface area contributed by atoms with Crippen molar-refractivity contribution in [1.29, 1.82) is 0 Å². The van der Waals surface area contributed by atoms with E-state index in [4.69, 9.17) is 9.47 Å². The average molecular weight is 396 g/mol. The first-order valence-electron chi connectivity index (χ1n) is 9.83. The Morgan fingerprint density at radius 1 is 0.931 bits per heavy atom. The molecule has 0 aromatic heterocycles. The van der Waals surface area contributed by atoms with Crippen LogP contribution in [0.1, 0.15) is 18.1 Å². The smallest absolute Gasteiger partial charge is 0.310 e. The molecule has 0 saturated heterocycles. The van der Waals surface area contributed by atoms with Crippen LogP contribution >= 0.6 is 0 Å². The number of aliphatic hydroxyl groups excluding tert-OH is 1. The van der Waals surface area contributed by atoms with E-state index in [-0.39, 0.29) is 13.2 Å². The number of hydrogen-bond acceptors (Lipinski definition) is 4. The Morgan fingerprint density at radius 2 is 1.48 bits per heavy atom. The summed E-state index contributed by atoms with van der Waals surface area (Å²) in [5.74, 6) is -2.07. The van der Waals surface area contributed by atoms with Gasteiger partial charge in [-0.3, -0.25) is 4.79 Å². The van der Waals surface area contributed by atoms with Crippen molar-refractivity contribution in [2.24, 2.45) is 17.3 Å². The molecule has 0 spiro atoms. The number of aliphatic hydroxyl groups is 1. The Labute approximate surface area is 171 Å². The third-order valence-corrected chi connectivity index (χ3v) is 5.68. The first kappa shape index (κ1) is 21.2. The number of carboxylic acids is 1. The van der Waals surface area contributed by atoms with Crippen LogP contribution in [0.2, 0.25) is 0 Å². The zero-order chi connectivity index (χ0) is 20.7. The fraction of sp³-hybridized carbons (Fsp3) is 0.375. The lowest BCUT2D eigenvalue weighted by Crippen LogP contribution is -2.51. The summed E-state index contributed by atoms with van der Waals surface area (Å²) in [6.45, 7) is 3.13. The summed E-state index contributed by atoms with van der Waals surface area (Å²) in [7, 11) is 0. The highest BCUT2D eigenvalue weighted by Crippen LogP contribution is 2.42. The van der Waals surface area contributed by atoms with E-state index >= 15 is 0 Å². The molecular weight excluding hydrogens is 368 g/mol. The Bertz CT molecular complexity index is 805. The van der Waals surface area contributed by atoms with Crippen LogP contribution in [0.15, 0.2) is 72.8 Å². The molecule has 0 unspecified atom stereocenters. The van der Waals surface area contributed by atoms with E-state index in [1.807, 2.05) is 67.6 Å². The molecule has 2 N–H and O–H groups in total. The third kappa shape index (κ3) is 5.32. The summed E-state index contributed by atoms with van der Waals surface area (Å²) in [6.07, 6.45) is 2.33. The summed E-state index contributed by atoms with van der Waals surface area (Å²) >= 11 is 0. The van der Waals surface area contributed by atoms with Crippen LogP contribution < -0.4 is 0 Å². The Kier molecular flexibility index (Phi) is 7.20. The summed E-state index contributed by atoms with van der Waals surface area (Å²) in [6, 6.07) is 19.5. The minimum absolute atomic E-state index is 0.221. The lowest BCUT2D eigenvalue weighted by molar-refractivity contribution is -0.151. The lowest BCUT2D eigenvalue weighted by Gasteiger charge is -2.44. The summed E-state index contributed by atoms with van der Waals surface area (Å²) in [4.78, 5) is 11.9. The van der Waals surface area contributed by atoms with Crippen LogP contribution in [-0.4, -0.2) is 35.5 Å². The van der Waals surface area contributed by atoms with Crippen molar-refractivity contribution >= 4 is 5.97 Å². The van der Waals surface area contributed by atoms with Crippen LogP contribution in [0.25, 0.3) is 0 Å². The number of rotatable bonds is 9. The molecule has 2 aromatic carbocycles. The molecule has 3 rings (SSSR count). The van der Waals surface area contributed by atoms with Crippen LogP contribution in [0.4, 0.5) is 0 Å². The molecule has 0 bridgehead atoms. The second-order valence-corrected chi connectivity index (χ2v) is 7.79. The molecule has 29 heavy (non-hydrogen) atoms. The predicted octanol–water partition coefficient (Wildman–Crippen LogP) is 3.67. The van der Waals surface area contributed by atoms with Crippen molar-refractivity contribution in [3.63, 3.8) is 0 Å². The average Bonchev–Trinajstić information content (AvgIpc) is 2.73. The Morgan fingerprint density at radius 3 is 2.03 bits per heavy atom. The van der Waals surface area contributed by atoms with Crippen LogP contribution in [0.3, 0.4) is 0 Å². The van der Waals surface area contributed by atoms with E-state index in [1.54, 1.807) is 12.2 Å². The normalized spacial score (nSPS) is 26.3. The molecule has 0 radical (unpaired) electrons. The molecule has 4 atom stereocenters. The fourth-order valence-corrected chi connectivity index (χ4v) is 3.79. The van der Waals surface area contributed by atoms with Gasteiger partial charge in [0.05, 0.1) is 38.4 Å². The molecule has 0 fully saturated rings. The standard InChI is InChI=1S/C24H28O5/c1-24(17-29-15-19-10-6-3-7-11-19)21(20(23(26)27)12-13-22(24)25)16-28-14-18-8-4-2-5-9-18/h2-13,20-22,25H,14-17H2,1H3,(H,26,27)/t20-,21+,22+,24+/m1/s1. The van der Waals surface area contributed by atoms with Gasteiger partial charge in [0.15, 0.2) is 0 Å².